The van der Waals surface area contributed by atoms with E-state index in [1.807, 2.05) is 29.6 Å². The molecule has 0 unspecified atom stereocenters. The lowest BCUT2D eigenvalue weighted by molar-refractivity contribution is 0.0987. The highest BCUT2D eigenvalue weighted by Crippen LogP contribution is 2.16. The van der Waals surface area contributed by atoms with Crippen LogP contribution in [0.3, 0.4) is 0 Å². The Morgan fingerprint density at radius 3 is 2.59 bits per heavy atom. The Kier molecular flexibility index (Phi) is 7.17. The zero-order chi connectivity index (χ0) is 15.6. The number of benzene rings is 1. The molecule has 0 N–H and O–H groups in total. The highest BCUT2D eigenvalue weighted by molar-refractivity contribution is 7.12. The van der Waals surface area contributed by atoms with Gasteiger partial charge in [-0.3, -0.25) is 4.79 Å². The van der Waals surface area contributed by atoms with Gasteiger partial charge in [0.1, 0.15) is 5.75 Å². The first-order valence-electron chi connectivity index (χ1n) is 8.08. The van der Waals surface area contributed by atoms with Crippen molar-refractivity contribution in [2.45, 2.75) is 45.4 Å². The van der Waals surface area contributed by atoms with Gasteiger partial charge in [-0.15, -0.1) is 11.3 Å². The van der Waals surface area contributed by atoms with Gasteiger partial charge >= 0.3 is 0 Å². The standard InChI is InChI=1S/C19H24O2S/c1-2-3-4-5-14-21-17-11-8-16(9-12-17)10-13-18(20)19-7-6-15-22-19/h6-9,11-12,15H,2-5,10,13-14H2,1H3. The normalized spacial score (nSPS) is 10.6. The quantitative estimate of drug-likeness (QED) is 0.426. The number of aryl methyl sites for hydroxylation is 1. The van der Waals surface area contributed by atoms with Crippen LogP contribution in [0.2, 0.25) is 0 Å². The fraction of sp³-hybridized carbons (Fsp3) is 0.421. The van der Waals surface area contributed by atoms with E-state index < -0.39 is 0 Å². The second kappa shape index (κ2) is 9.42. The third kappa shape index (κ3) is 5.64. The van der Waals surface area contributed by atoms with E-state index >= 15 is 0 Å². The van der Waals surface area contributed by atoms with Gasteiger partial charge in [-0.2, -0.15) is 0 Å². The number of hydrogen-bond acceptors (Lipinski definition) is 3. The van der Waals surface area contributed by atoms with Gasteiger partial charge in [-0.1, -0.05) is 44.4 Å². The number of rotatable bonds is 10. The van der Waals surface area contributed by atoms with Gasteiger partial charge in [-0.25, -0.2) is 0 Å². The first-order valence-corrected chi connectivity index (χ1v) is 8.96. The number of ketones is 1. The van der Waals surface area contributed by atoms with Crippen LogP contribution in [0.15, 0.2) is 41.8 Å². The molecule has 3 heteroatoms. The van der Waals surface area contributed by atoms with E-state index in [4.69, 9.17) is 4.74 Å². The summed E-state index contributed by atoms with van der Waals surface area (Å²) in [7, 11) is 0. The van der Waals surface area contributed by atoms with Crippen LogP contribution in [0.4, 0.5) is 0 Å². The van der Waals surface area contributed by atoms with Crippen molar-refractivity contribution in [1.82, 2.24) is 0 Å². The van der Waals surface area contributed by atoms with Crippen LogP contribution in [0.5, 0.6) is 5.75 Å². The summed E-state index contributed by atoms with van der Waals surface area (Å²) < 4.78 is 5.73. The predicted octanol–water partition coefficient (Wildman–Crippen LogP) is 5.52. The lowest BCUT2D eigenvalue weighted by Crippen LogP contribution is -1.99. The first-order chi connectivity index (χ1) is 10.8. The van der Waals surface area contributed by atoms with Crippen LogP contribution in [0, 0.1) is 0 Å². The molecule has 1 aromatic heterocycles. The predicted molar refractivity (Wildman–Crippen MR) is 93.0 cm³/mol. The first kappa shape index (κ1) is 16.8. The molecule has 0 atom stereocenters. The van der Waals surface area contributed by atoms with Gasteiger partial charge in [0.25, 0.3) is 0 Å². The third-order valence-electron chi connectivity index (χ3n) is 3.63. The van der Waals surface area contributed by atoms with Crippen LogP contribution in [-0.2, 0) is 6.42 Å². The maximum atomic E-state index is 12.0. The van der Waals surface area contributed by atoms with E-state index in [2.05, 4.69) is 19.1 Å². The molecule has 0 saturated heterocycles. The highest BCUT2D eigenvalue weighted by Gasteiger charge is 2.06. The van der Waals surface area contributed by atoms with Crippen molar-refractivity contribution >= 4 is 17.1 Å². The Hall–Kier alpha value is -1.61. The molecule has 0 saturated carbocycles. The van der Waals surface area contributed by atoms with Crippen molar-refractivity contribution < 1.29 is 9.53 Å². The minimum absolute atomic E-state index is 0.228. The number of hydrogen-bond donors (Lipinski definition) is 0. The van der Waals surface area contributed by atoms with E-state index in [1.165, 1.54) is 36.2 Å². The van der Waals surface area contributed by atoms with Gasteiger partial charge in [-0.05, 0) is 42.0 Å². The van der Waals surface area contributed by atoms with Crippen LogP contribution in [-0.4, -0.2) is 12.4 Å². The average molecular weight is 316 g/mol. The van der Waals surface area contributed by atoms with Crippen molar-refractivity contribution in [2.75, 3.05) is 6.61 Å². The average Bonchev–Trinajstić information content (AvgIpc) is 3.08. The summed E-state index contributed by atoms with van der Waals surface area (Å²) in [5, 5.41) is 1.94. The molecule has 0 aliphatic carbocycles. The summed E-state index contributed by atoms with van der Waals surface area (Å²) in [5.74, 6) is 1.15. The summed E-state index contributed by atoms with van der Waals surface area (Å²) >= 11 is 1.51. The SMILES string of the molecule is CCCCCCOc1ccc(CCC(=O)c2cccs2)cc1. The Morgan fingerprint density at radius 2 is 1.91 bits per heavy atom. The van der Waals surface area contributed by atoms with Gasteiger partial charge in [0.15, 0.2) is 5.78 Å². The van der Waals surface area contributed by atoms with Gasteiger partial charge in [0, 0.05) is 6.42 Å². The van der Waals surface area contributed by atoms with Crippen molar-refractivity contribution in [3.05, 3.63) is 52.2 Å². The molecule has 22 heavy (non-hydrogen) atoms. The van der Waals surface area contributed by atoms with Crippen LogP contribution >= 0.6 is 11.3 Å². The molecule has 0 spiro atoms. The molecule has 1 heterocycles. The minimum Gasteiger partial charge on any atom is -0.494 e. The van der Waals surface area contributed by atoms with Gasteiger partial charge < -0.3 is 4.74 Å². The lowest BCUT2D eigenvalue weighted by Gasteiger charge is -2.07. The van der Waals surface area contributed by atoms with E-state index in [9.17, 15) is 4.79 Å². The summed E-state index contributed by atoms with van der Waals surface area (Å²) in [6, 6.07) is 11.9. The zero-order valence-electron chi connectivity index (χ0n) is 13.2. The largest absolute Gasteiger partial charge is 0.494 e. The molecule has 2 aromatic rings. The molecule has 0 amide bonds. The number of carbonyl (C=O) groups is 1. The Morgan fingerprint density at radius 1 is 1.09 bits per heavy atom. The van der Waals surface area contributed by atoms with Crippen molar-refractivity contribution in [2.24, 2.45) is 0 Å². The number of thiophene rings is 1. The molecule has 118 valence electrons. The van der Waals surface area contributed by atoms with Gasteiger partial charge in [0.05, 0.1) is 11.5 Å². The molecule has 1 aromatic carbocycles. The fourth-order valence-corrected chi connectivity index (χ4v) is 2.98. The fourth-order valence-electron chi connectivity index (χ4n) is 2.29. The zero-order valence-corrected chi connectivity index (χ0v) is 14.0. The van der Waals surface area contributed by atoms with Gasteiger partial charge in [0.2, 0.25) is 0 Å². The number of Topliss-reactive ketones (excluding diaryl/α,β-unsaturated/α-hetero) is 1. The van der Waals surface area contributed by atoms with Crippen LogP contribution in [0.1, 0.15) is 54.3 Å². The molecular formula is C19H24O2S. The smallest absolute Gasteiger partial charge is 0.173 e. The topological polar surface area (TPSA) is 26.3 Å². The van der Waals surface area contributed by atoms with Crippen LogP contribution in [0.25, 0.3) is 0 Å². The summed E-state index contributed by atoms with van der Waals surface area (Å²) in [6.45, 7) is 3.00. The van der Waals surface area contributed by atoms with E-state index in [1.54, 1.807) is 0 Å². The molecule has 0 aliphatic heterocycles. The van der Waals surface area contributed by atoms with E-state index in [0.29, 0.717) is 6.42 Å². The molecule has 2 nitrogen and oxygen atoms in total. The Labute approximate surface area is 137 Å². The number of unbranched alkanes of at least 4 members (excludes halogenated alkanes) is 3. The maximum Gasteiger partial charge on any atom is 0.173 e. The molecule has 0 aliphatic rings. The Bertz CT molecular complexity index is 543. The Balaban J connectivity index is 1.71. The number of ether oxygens (including phenoxy) is 1. The molecular weight excluding hydrogens is 292 g/mol. The second-order valence-electron chi connectivity index (χ2n) is 5.45. The minimum atomic E-state index is 0.228. The molecule has 0 radical (unpaired) electrons. The van der Waals surface area contributed by atoms with Crippen molar-refractivity contribution in [3.63, 3.8) is 0 Å². The van der Waals surface area contributed by atoms with Crippen molar-refractivity contribution in [3.8, 4) is 5.75 Å². The number of carbonyl (C=O) groups excluding carboxylic acids is 1. The summed E-state index contributed by atoms with van der Waals surface area (Å²) in [5.41, 5.74) is 1.18. The summed E-state index contributed by atoms with van der Waals surface area (Å²) in [4.78, 5) is 12.8. The molecule has 0 bridgehead atoms. The van der Waals surface area contributed by atoms with E-state index in [0.717, 1.165) is 30.1 Å². The highest BCUT2D eigenvalue weighted by atomic mass is 32.1. The second-order valence-corrected chi connectivity index (χ2v) is 6.40. The third-order valence-corrected chi connectivity index (χ3v) is 4.54. The van der Waals surface area contributed by atoms with E-state index in [-0.39, 0.29) is 5.78 Å². The van der Waals surface area contributed by atoms with Crippen LogP contribution < -0.4 is 4.74 Å². The van der Waals surface area contributed by atoms with Crippen molar-refractivity contribution in [1.29, 1.82) is 0 Å². The molecule has 0 fully saturated rings. The lowest BCUT2D eigenvalue weighted by atomic mass is 10.1. The monoisotopic (exact) mass is 316 g/mol. The molecule has 2 rings (SSSR count). The maximum absolute atomic E-state index is 12.0. The summed E-state index contributed by atoms with van der Waals surface area (Å²) in [6.07, 6.45) is 6.23.